The van der Waals surface area contributed by atoms with E-state index in [1.165, 1.54) is 105 Å². The summed E-state index contributed by atoms with van der Waals surface area (Å²) in [5.74, 6) is -3.24. The number of aromatic carboxylic acids is 1. The number of nitrogens with zero attached hydrogens (tertiary/aromatic N) is 9. The molecule has 0 saturated heterocycles. The van der Waals surface area contributed by atoms with Gasteiger partial charge in [-0.05, 0) is 178 Å². The molecule has 7 aromatic heterocycles. The summed E-state index contributed by atoms with van der Waals surface area (Å²) in [6.07, 6.45) is 6.57. The van der Waals surface area contributed by atoms with E-state index in [-0.39, 0.29) is 149 Å². The summed E-state index contributed by atoms with van der Waals surface area (Å²) in [5, 5.41) is 16.8. The van der Waals surface area contributed by atoms with Crippen LogP contribution in [0.15, 0.2) is 183 Å². The van der Waals surface area contributed by atoms with Gasteiger partial charge in [0.2, 0.25) is 0 Å². The van der Waals surface area contributed by atoms with Crippen LogP contribution in [0.4, 0.5) is 38.0 Å². The van der Waals surface area contributed by atoms with E-state index >= 15 is 0 Å². The number of nitrogen functional groups attached to an aromatic ring is 2. The lowest BCUT2D eigenvalue weighted by atomic mass is 9.98. The number of hydrogen-bond donors (Lipinski definition) is 7. The topological polar surface area (TPSA) is 388 Å². The zero-order valence-corrected chi connectivity index (χ0v) is 73.9. The fraction of sp³-hybridized carbons (Fsp3) is 0.250. The Hall–Kier alpha value is -14.7. The third-order valence-corrected chi connectivity index (χ3v) is 19.9. The zero-order valence-electron chi connectivity index (χ0n) is 73.1. The lowest BCUT2D eigenvalue weighted by Gasteiger charge is -2.18. The maximum absolute atomic E-state index is 14.8. The number of nitrogens with two attached hydrogens (primary N) is 3. The van der Waals surface area contributed by atoms with E-state index in [1.54, 1.807) is 91.8 Å². The number of hydrogen-bond acceptors (Lipinski definition) is 21. The minimum absolute atomic E-state index is 0.0237. The summed E-state index contributed by atoms with van der Waals surface area (Å²) < 4.78 is 108. The maximum Gasteiger partial charge on any atom is 0.337 e. The second-order valence-electron chi connectivity index (χ2n) is 31.1. The van der Waals surface area contributed by atoms with Gasteiger partial charge in [0.25, 0.3) is 29.5 Å². The van der Waals surface area contributed by atoms with Crippen molar-refractivity contribution in [2.24, 2.45) is 11.7 Å². The van der Waals surface area contributed by atoms with Gasteiger partial charge in [0.1, 0.15) is 69.5 Å². The highest BCUT2D eigenvalue weighted by molar-refractivity contribution is 6.34. The van der Waals surface area contributed by atoms with Crippen molar-refractivity contribution in [3.8, 4) is 56.8 Å². The molecule has 10 heterocycles. The normalized spacial score (nSPS) is 12.0. The number of rotatable bonds is 23. The Morgan fingerprint density at radius 1 is 0.462 bits per heavy atom. The van der Waals surface area contributed by atoms with E-state index in [4.69, 9.17) is 52.9 Å². The summed E-state index contributed by atoms with van der Waals surface area (Å²) in [6, 6.07) is 39.2. The van der Waals surface area contributed by atoms with Crippen LogP contribution in [0.1, 0.15) is 185 Å². The average molecular weight is 1800 g/mol. The van der Waals surface area contributed by atoms with Gasteiger partial charge in [-0.2, -0.15) is 0 Å². The molecule has 15 rings (SSSR count). The molecule has 0 aliphatic carbocycles. The van der Waals surface area contributed by atoms with Crippen LogP contribution in [0.5, 0.6) is 23.0 Å². The Bertz CT molecular complexity index is 6080. The molecule has 0 spiro atoms. The number of ether oxygens (including phenoxy) is 4. The lowest BCUT2D eigenvalue weighted by Crippen LogP contribution is -2.30. The Kier molecular flexibility index (Phi) is 33.5. The molecule has 3 aliphatic heterocycles. The second kappa shape index (κ2) is 44.6. The van der Waals surface area contributed by atoms with Gasteiger partial charge in [0.05, 0.1) is 150 Å². The van der Waals surface area contributed by atoms with Crippen molar-refractivity contribution in [1.82, 2.24) is 60.6 Å². The van der Waals surface area contributed by atoms with Crippen molar-refractivity contribution in [2.45, 2.75) is 126 Å². The molecule has 5 aromatic carbocycles. The molecule has 0 atom stereocenters. The largest absolute Gasteiger partial charge is 0.497 e. The molecule has 0 unspecified atom stereocenters. The van der Waals surface area contributed by atoms with Crippen molar-refractivity contribution in [2.75, 3.05) is 39.9 Å². The first-order valence-electron chi connectivity index (χ1n) is 40.8. The monoisotopic (exact) mass is 1800 g/mol. The summed E-state index contributed by atoms with van der Waals surface area (Å²) >= 11 is 6.32. The number of carbonyl (C=O) groups excluding carboxylic acids is 6. The second-order valence-corrected chi connectivity index (χ2v) is 31.5. The number of pyridine rings is 7. The van der Waals surface area contributed by atoms with Gasteiger partial charge in [-0.1, -0.05) is 57.5 Å². The third-order valence-electron chi connectivity index (χ3n) is 19.6. The van der Waals surface area contributed by atoms with Crippen molar-refractivity contribution < 1.29 is 84.0 Å². The number of halogens is 7. The Morgan fingerprint density at radius 3 is 1.22 bits per heavy atom. The lowest BCUT2D eigenvalue weighted by molar-refractivity contribution is 0.0693. The predicted octanol–water partition coefficient (Wildman–Crippen LogP) is 16.2. The molecule has 0 saturated carbocycles. The van der Waals surface area contributed by atoms with Gasteiger partial charge in [-0.3, -0.25) is 38.7 Å². The number of anilines is 2. The molecular formula is C96H96ClF6N15O12. The first kappa shape index (κ1) is 97.5. The summed E-state index contributed by atoms with van der Waals surface area (Å²) in [4.78, 5) is 118. The number of carboxylic acids is 1. The van der Waals surface area contributed by atoms with Crippen LogP contribution >= 0.6 is 11.6 Å². The number of aromatic nitrogens is 7. The van der Waals surface area contributed by atoms with E-state index in [9.17, 15) is 59.9 Å². The number of nitrogens with one attached hydrogen (secondary N) is 3. The number of fused-ring (bicyclic) bond motifs is 3. The first-order chi connectivity index (χ1) is 62.0. The van der Waals surface area contributed by atoms with Gasteiger partial charge < -0.3 is 67.0 Å². The van der Waals surface area contributed by atoms with Crippen molar-refractivity contribution in [3.05, 3.63) is 312 Å². The van der Waals surface area contributed by atoms with Gasteiger partial charge in [-0.15, -0.1) is 0 Å². The van der Waals surface area contributed by atoms with Crippen molar-refractivity contribution in [3.63, 3.8) is 0 Å². The first-order valence-corrected chi connectivity index (χ1v) is 41.2. The van der Waals surface area contributed by atoms with Gasteiger partial charge >= 0.3 is 5.97 Å². The highest BCUT2D eigenvalue weighted by Gasteiger charge is 2.36. The van der Waals surface area contributed by atoms with Crippen LogP contribution in [-0.4, -0.2) is 138 Å². The maximum atomic E-state index is 14.8. The molecular weight excluding hydrogens is 1700 g/mol. The molecule has 676 valence electrons. The molecule has 12 aromatic rings. The van der Waals surface area contributed by atoms with Crippen LogP contribution in [0.2, 0.25) is 5.02 Å². The molecule has 3 aliphatic rings. The number of carboxylic acid groups (broad SMARTS) is 1. The number of Topliss-reactive ketones (excluding diaryl/α,β-unsaturated/α-hetero) is 1. The predicted molar refractivity (Wildman–Crippen MR) is 478 cm³/mol. The van der Waals surface area contributed by atoms with Gasteiger partial charge in [0, 0.05) is 96.3 Å². The zero-order chi connectivity index (χ0) is 94.5. The summed E-state index contributed by atoms with van der Waals surface area (Å²) in [6.45, 7) is 16.4. The van der Waals surface area contributed by atoms with Crippen LogP contribution in [0.25, 0.3) is 33.8 Å². The minimum Gasteiger partial charge on any atom is -0.497 e. The Morgan fingerprint density at radius 2 is 0.838 bits per heavy atom. The highest BCUT2D eigenvalue weighted by Crippen LogP contribution is 2.39. The molecule has 5 amide bonds. The van der Waals surface area contributed by atoms with Crippen molar-refractivity contribution in [1.29, 1.82) is 0 Å². The van der Waals surface area contributed by atoms with Crippen LogP contribution < -0.4 is 52.1 Å². The van der Waals surface area contributed by atoms with E-state index in [0.717, 1.165) is 23.3 Å². The molecule has 0 fully saturated rings. The van der Waals surface area contributed by atoms with Crippen LogP contribution in [-0.2, 0) is 45.6 Å². The molecule has 130 heavy (non-hydrogen) atoms. The number of ketones is 1. The highest BCUT2D eigenvalue weighted by atomic mass is 35.5. The van der Waals surface area contributed by atoms with E-state index in [0.29, 0.717) is 115 Å². The number of carbonyl (C=O) groups is 7. The molecule has 34 heteroatoms. The fourth-order valence-electron chi connectivity index (χ4n) is 13.6. The summed E-state index contributed by atoms with van der Waals surface area (Å²) in [7, 11) is 6.19. The summed E-state index contributed by atoms with van der Waals surface area (Å²) in [5.41, 5.74) is 22.9. The van der Waals surface area contributed by atoms with Gasteiger partial charge in [0.15, 0.2) is 5.78 Å². The average Bonchev–Trinajstić information content (AvgIpc) is 1.60. The van der Waals surface area contributed by atoms with Crippen LogP contribution in [0.3, 0.4) is 0 Å². The smallest absolute Gasteiger partial charge is 0.337 e. The van der Waals surface area contributed by atoms with Gasteiger partial charge in [-0.25, -0.2) is 56.1 Å². The van der Waals surface area contributed by atoms with E-state index < -0.39 is 40.9 Å². The SMILES string of the molecule is CC(C)CC(=O)c1ccc(Cc2cc(-c3c(F)cccc3F)nc3c2C(=O)NC3)nc1.CC(C)N.CC(C)NC(=O)c1ccc(N)nc1.COc1ccc(CN2Cc3nc(-c4c(F)cccc4F)cc(Cc4ccc(C(=O)NC(C)C)cn4)c3C2=O)c(OC)c1.COc1ccc(CN2Cc3nc(-c4c(F)cccc4F)cc(Cl)c3C2=O)c(OC)c1.Nc1ccc(C(=O)O)cn1. The van der Waals surface area contributed by atoms with Crippen LogP contribution in [0, 0.1) is 40.8 Å². The van der Waals surface area contributed by atoms with Crippen molar-refractivity contribution >= 4 is 64.5 Å². The Labute approximate surface area is 751 Å². The minimum atomic E-state index is -0.993. The van der Waals surface area contributed by atoms with E-state index in [2.05, 4.69) is 50.8 Å². The Balaban J connectivity index is 0.000000179. The molecule has 0 bridgehead atoms. The third kappa shape index (κ3) is 25.1. The number of benzene rings is 5. The number of methoxy groups -OCH3 is 4. The quantitative estimate of drug-likeness (QED) is 0.0231. The van der Waals surface area contributed by atoms with E-state index in [1.807, 2.05) is 67.5 Å². The standard InChI is InChI=1S/C32H30F2N4O4.C24H21F2N3O2.C22H17ClF2N2O3.C9H13N3O.C6H6N2O2.C3H9N/c1-18(2)36-31(39)19-8-10-22(35-15-19)12-21-13-26(30-24(33)6-5-7-25(30)34)37-27-17-38(32(40)29(21)27)16-20-9-11-23(41-3)14-28(20)42-4;1-13(2)8-21(30)14-6-7-16(27-11-14)9-15-10-19(23-17(25)4-3-5-18(23)26)29-20-12-28-24(31)22(15)20;1-29-13-7-6-12(19(8-13)30-2)10-27-11-18-20(22(27)28)14(23)9-17(26-18)21-15(24)4-3-5-16(21)25;1-6(2)12-9(13)7-3-4-8(10)11-5-7;7-5-2-1-4(3-8-5)6(9)10;1-3(2)4/h5-11,13-15,18H,12,16-17H2,1-4H3,(H,36,39);3-7,10-11,13H,8-9,12H2,1-2H3,(H,28,31);3-9H,10-11H2,1-2H3;3-6H,1-2H3,(H2,10,11)(H,12,13);1-3H,(H2,7,8)(H,9,10);3H,4H2,1-2H3. The molecule has 27 nitrogen and oxygen atoms in total. The molecule has 0 radical (unpaired) electrons. The number of amides is 5. The fourth-order valence-corrected chi connectivity index (χ4v) is 13.9. The molecule has 10 N–H and O–H groups in total.